The predicted octanol–water partition coefficient (Wildman–Crippen LogP) is 2.42. The molecule has 0 saturated carbocycles. The van der Waals surface area contributed by atoms with Crippen molar-refractivity contribution in [2.24, 2.45) is 0 Å². The van der Waals surface area contributed by atoms with Crippen LogP contribution in [0.4, 0.5) is 26.3 Å². The topological polar surface area (TPSA) is 70.2 Å². The molecule has 0 atom stereocenters. The van der Waals surface area contributed by atoms with Crippen LogP contribution in [0.15, 0.2) is 4.79 Å². The van der Waals surface area contributed by atoms with E-state index in [2.05, 4.69) is 0 Å². The molecule has 10 heteroatoms. The number of pyridine rings is 1. The van der Waals surface area contributed by atoms with Gasteiger partial charge < -0.3 is 10.1 Å². The number of halogens is 6. The number of aromatic amines is 1. The van der Waals surface area contributed by atoms with Gasteiger partial charge in [0.15, 0.2) is 5.43 Å². The van der Waals surface area contributed by atoms with Crippen molar-refractivity contribution in [3.05, 3.63) is 32.7 Å². The van der Waals surface area contributed by atoms with Gasteiger partial charge >= 0.3 is 18.3 Å². The fraction of sp³-hybridized carbons (Fsp3) is 0.333. The summed E-state index contributed by atoms with van der Waals surface area (Å²) >= 11 is 0. The van der Waals surface area contributed by atoms with Crippen LogP contribution in [0.3, 0.4) is 0 Å². The van der Waals surface area contributed by atoms with Crippen LogP contribution in [0.25, 0.3) is 0 Å². The third-order valence-corrected chi connectivity index (χ3v) is 2.22. The van der Waals surface area contributed by atoms with Gasteiger partial charge in [0.2, 0.25) is 0 Å². The average Bonchev–Trinajstić information content (AvgIpc) is 2.17. The Bertz CT molecular complexity index is 583. The summed E-state index contributed by atoms with van der Waals surface area (Å²) in [6, 6.07) is 0. The summed E-state index contributed by atoms with van der Waals surface area (Å²) in [5.74, 6) is -2.26. The quantitative estimate of drug-likeness (QED) is 0.780. The van der Waals surface area contributed by atoms with E-state index in [9.17, 15) is 35.9 Å². The van der Waals surface area contributed by atoms with Crippen LogP contribution in [0.2, 0.25) is 0 Å². The van der Waals surface area contributed by atoms with E-state index in [4.69, 9.17) is 5.11 Å². The number of H-pyrrole nitrogens is 1. The SMILES string of the molecule is Cc1c(C(F)(F)F)[nH]c(C(F)(F)F)c(C(=O)O)c1=O. The number of nitrogens with one attached hydrogen (secondary N) is 1. The van der Waals surface area contributed by atoms with Gasteiger partial charge in [-0.1, -0.05) is 0 Å². The number of carboxylic acid groups (broad SMARTS) is 1. The van der Waals surface area contributed by atoms with Crippen LogP contribution < -0.4 is 5.43 Å². The first-order valence-electron chi connectivity index (χ1n) is 4.52. The molecule has 0 radical (unpaired) electrons. The van der Waals surface area contributed by atoms with Gasteiger partial charge in [0.05, 0.1) is 0 Å². The molecular weight excluding hydrogens is 284 g/mol. The zero-order chi connectivity index (χ0) is 15.2. The molecule has 1 aromatic heterocycles. The Labute approximate surface area is 100 Å². The maximum Gasteiger partial charge on any atom is 0.432 e. The Kier molecular flexibility index (Phi) is 3.39. The number of hydrogen-bond acceptors (Lipinski definition) is 2. The molecule has 0 fully saturated rings. The van der Waals surface area contributed by atoms with E-state index in [1.54, 1.807) is 0 Å². The van der Waals surface area contributed by atoms with Gasteiger partial charge in [-0.15, -0.1) is 0 Å². The molecular formula is C9H5F6NO3. The van der Waals surface area contributed by atoms with Crippen molar-refractivity contribution in [1.29, 1.82) is 0 Å². The van der Waals surface area contributed by atoms with E-state index in [1.807, 2.05) is 0 Å². The number of rotatable bonds is 1. The molecule has 0 spiro atoms. The van der Waals surface area contributed by atoms with Crippen molar-refractivity contribution < 1.29 is 36.2 Å². The van der Waals surface area contributed by atoms with Gasteiger partial charge in [0, 0.05) is 5.56 Å². The Morgan fingerprint density at radius 2 is 1.47 bits per heavy atom. The number of aromatic carboxylic acids is 1. The van der Waals surface area contributed by atoms with Gasteiger partial charge in [-0.25, -0.2) is 4.79 Å². The summed E-state index contributed by atoms with van der Waals surface area (Å²) in [7, 11) is 0. The molecule has 1 aromatic rings. The molecule has 0 aromatic carbocycles. The highest BCUT2D eigenvalue weighted by atomic mass is 19.4. The van der Waals surface area contributed by atoms with E-state index in [0.29, 0.717) is 6.92 Å². The first-order valence-corrected chi connectivity index (χ1v) is 4.52. The van der Waals surface area contributed by atoms with Crippen molar-refractivity contribution in [1.82, 2.24) is 4.98 Å². The average molecular weight is 289 g/mol. The lowest BCUT2D eigenvalue weighted by Gasteiger charge is -2.16. The van der Waals surface area contributed by atoms with Crippen molar-refractivity contribution >= 4 is 5.97 Å². The van der Waals surface area contributed by atoms with Gasteiger partial charge in [-0.3, -0.25) is 4.79 Å². The van der Waals surface area contributed by atoms with E-state index in [-0.39, 0.29) is 0 Å². The molecule has 0 saturated heterocycles. The standard InChI is InChI=1S/C9H5F6NO3/c1-2-4(17)3(7(18)19)6(9(13,14)15)16-5(2)8(10,11)12/h1H3,(H,16,17)(H,18,19). The third-order valence-electron chi connectivity index (χ3n) is 2.22. The lowest BCUT2D eigenvalue weighted by Crippen LogP contribution is -2.30. The first-order chi connectivity index (χ1) is 8.37. The number of alkyl halides is 6. The van der Waals surface area contributed by atoms with Crippen molar-refractivity contribution in [2.45, 2.75) is 19.3 Å². The summed E-state index contributed by atoms with van der Waals surface area (Å²) in [6.45, 7) is 0.592. The summed E-state index contributed by atoms with van der Waals surface area (Å²) in [4.78, 5) is 22.9. The molecule has 0 amide bonds. The maximum absolute atomic E-state index is 12.5. The molecule has 0 aliphatic rings. The Morgan fingerprint density at radius 3 is 1.79 bits per heavy atom. The summed E-state index contributed by atoms with van der Waals surface area (Å²) in [5, 5.41) is 8.53. The molecule has 106 valence electrons. The largest absolute Gasteiger partial charge is 0.477 e. The highest BCUT2D eigenvalue weighted by Crippen LogP contribution is 2.34. The van der Waals surface area contributed by atoms with Gasteiger partial charge in [0.1, 0.15) is 17.0 Å². The number of carbonyl (C=O) groups is 1. The summed E-state index contributed by atoms with van der Waals surface area (Å²) in [5.41, 5.74) is -8.89. The summed E-state index contributed by atoms with van der Waals surface area (Å²) in [6.07, 6.45) is -10.7. The monoisotopic (exact) mass is 289 g/mol. The number of hydrogen-bond donors (Lipinski definition) is 2. The van der Waals surface area contributed by atoms with Crippen LogP contribution in [0.5, 0.6) is 0 Å². The molecule has 0 aliphatic heterocycles. The van der Waals surface area contributed by atoms with E-state index >= 15 is 0 Å². The fourth-order valence-corrected chi connectivity index (χ4v) is 1.40. The Balaban J connectivity index is 3.86. The van der Waals surface area contributed by atoms with Crippen LogP contribution in [0.1, 0.15) is 27.3 Å². The highest BCUT2D eigenvalue weighted by molar-refractivity contribution is 5.89. The van der Waals surface area contributed by atoms with E-state index in [1.165, 1.54) is 0 Å². The molecule has 1 heterocycles. The highest BCUT2D eigenvalue weighted by Gasteiger charge is 2.43. The van der Waals surface area contributed by atoms with Gasteiger partial charge in [-0.05, 0) is 6.92 Å². The first kappa shape index (κ1) is 15.1. The van der Waals surface area contributed by atoms with Crippen molar-refractivity contribution in [3.63, 3.8) is 0 Å². The van der Waals surface area contributed by atoms with Crippen LogP contribution in [0, 0.1) is 6.92 Å². The number of aromatic nitrogens is 1. The molecule has 1 rings (SSSR count). The smallest absolute Gasteiger partial charge is 0.432 e. The Hall–Kier alpha value is -2.00. The molecule has 4 nitrogen and oxygen atoms in total. The predicted molar refractivity (Wildman–Crippen MR) is 48.8 cm³/mol. The lowest BCUT2D eigenvalue weighted by molar-refractivity contribution is -0.150. The second-order valence-corrected chi connectivity index (χ2v) is 3.50. The third kappa shape index (κ3) is 2.71. The second kappa shape index (κ2) is 4.28. The van der Waals surface area contributed by atoms with Gasteiger partial charge in [0.25, 0.3) is 0 Å². The molecule has 0 aliphatic carbocycles. The second-order valence-electron chi connectivity index (χ2n) is 3.50. The minimum Gasteiger partial charge on any atom is -0.477 e. The zero-order valence-electron chi connectivity index (χ0n) is 9.03. The van der Waals surface area contributed by atoms with Crippen molar-refractivity contribution in [2.75, 3.05) is 0 Å². The van der Waals surface area contributed by atoms with Gasteiger partial charge in [-0.2, -0.15) is 26.3 Å². The van der Waals surface area contributed by atoms with Crippen LogP contribution in [-0.2, 0) is 12.4 Å². The molecule has 19 heavy (non-hydrogen) atoms. The summed E-state index contributed by atoms with van der Waals surface area (Å²) < 4.78 is 74.8. The van der Waals surface area contributed by atoms with Crippen LogP contribution >= 0.6 is 0 Å². The Morgan fingerprint density at radius 1 is 1.05 bits per heavy atom. The minimum absolute atomic E-state index is 0.592. The van der Waals surface area contributed by atoms with Crippen LogP contribution in [-0.4, -0.2) is 16.1 Å². The lowest BCUT2D eigenvalue weighted by atomic mass is 10.1. The fourth-order valence-electron chi connectivity index (χ4n) is 1.40. The molecule has 0 bridgehead atoms. The minimum atomic E-state index is -5.43. The zero-order valence-corrected chi connectivity index (χ0v) is 9.03. The molecule has 0 unspecified atom stereocenters. The van der Waals surface area contributed by atoms with Crippen molar-refractivity contribution in [3.8, 4) is 0 Å². The van der Waals surface area contributed by atoms with E-state index in [0.717, 1.165) is 4.98 Å². The number of carboxylic acids is 1. The maximum atomic E-state index is 12.5. The van der Waals surface area contributed by atoms with E-state index < -0.39 is 46.3 Å². The normalized spacial score (nSPS) is 12.6. The molecule has 2 N–H and O–H groups in total.